The van der Waals surface area contributed by atoms with Crippen LogP contribution in [0.5, 0.6) is 0 Å². The lowest BCUT2D eigenvalue weighted by atomic mass is 9.99. The quantitative estimate of drug-likeness (QED) is 0.529. The van der Waals surface area contributed by atoms with Gasteiger partial charge >= 0.3 is 0 Å². The average molecular weight is 407 g/mol. The van der Waals surface area contributed by atoms with Gasteiger partial charge in [-0.3, -0.25) is 19.6 Å². The lowest BCUT2D eigenvalue weighted by Crippen LogP contribution is -2.22. The van der Waals surface area contributed by atoms with E-state index in [1.54, 1.807) is 29.3 Å². The van der Waals surface area contributed by atoms with E-state index in [0.717, 1.165) is 27.8 Å². The number of aromatic nitrogens is 4. The first kappa shape index (κ1) is 18.5. The molecule has 0 radical (unpaired) electrons. The largest absolute Gasteiger partial charge is 0.318 e. The molecular weight excluding hydrogens is 390 g/mol. The highest BCUT2D eigenvalue weighted by Crippen LogP contribution is 2.26. The van der Waals surface area contributed by atoms with E-state index in [4.69, 9.17) is 5.26 Å². The second-order valence-electron chi connectivity index (χ2n) is 7.22. The van der Waals surface area contributed by atoms with E-state index in [-0.39, 0.29) is 5.91 Å². The molecule has 0 aliphatic carbocycles. The van der Waals surface area contributed by atoms with Crippen molar-refractivity contribution in [1.29, 1.82) is 5.26 Å². The number of carbonyl (C=O) groups excluding carboxylic acids is 1. The van der Waals surface area contributed by atoms with Gasteiger partial charge in [-0.1, -0.05) is 24.3 Å². The highest BCUT2D eigenvalue weighted by molar-refractivity contribution is 6.49. The number of nitriles is 1. The van der Waals surface area contributed by atoms with Crippen molar-refractivity contribution in [1.82, 2.24) is 20.0 Å². The number of hydrogen-bond acceptors (Lipinski definition) is 5. The molecule has 1 amide bonds. The number of aliphatic imine (C=N–C) groups is 1. The lowest BCUT2D eigenvalue weighted by Gasteiger charge is -2.06. The summed E-state index contributed by atoms with van der Waals surface area (Å²) >= 11 is 0. The zero-order valence-electron chi connectivity index (χ0n) is 16.4. The van der Waals surface area contributed by atoms with E-state index < -0.39 is 0 Å². The van der Waals surface area contributed by atoms with Gasteiger partial charge in [0.1, 0.15) is 5.71 Å². The number of amides is 1. The number of H-pyrrole nitrogens is 1. The molecule has 4 aromatic rings. The molecular formula is C23H17N7O. The van der Waals surface area contributed by atoms with E-state index in [2.05, 4.69) is 31.7 Å². The number of fused-ring (bicyclic) bond motifs is 1. The van der Waals surface area contributed by atoms with Crippen molar-refractivity contribution in [3.8, 4) is 17.2 Å². The van der Waals surface area contributed by atoms with Crippen molar-refractivity contribution in [2.75, 3.05) is 5.32 Å². The fraction of sp³-hybridized carbons (Fsp3) is 0.0870. The molecule has 2 aromatic carbocycles. The van der Waals surface area contributed by atoms with E-state index in [0.29, 0.717) is 30.1 Å². The minimum absolute atomic E-state index is 0.269. The number of anilines is 1. The summed E-state index contributed by atoms with van der Waals surface area (Å²) in [6.45, 7) is 0.988. The van der Waals surface area contributed by atoms with E-state index >= 15 is 0 Å². The molecule has 2 aromatic heterocycles. The Bertz CT molecular complexity index is 1340. The Morgan fingerprint density at radius 1 is 1.19 bits per heavy atom. The van der Waals surface area contributed by atoms with Gasteiger partial charge in [0.25, 0.3) is 5.91 Å². The molecule has 150 valence electrons. The molecule has 8 nitrogen and oxygen atoms in total. The van der Waals surface area contributed by atoms with Crippen LogP contribution in [0, 0.1) is 11.3 Å². The standard InChI is InChI=1S/C23H17N7O/c24-8-15-2-1-3-16(6-15)13-30-14-20(12-28-30)29-23(31)22-21-7-17(19-10-26-27-11-19)4-5-18(21)9-25-22/h1-7,10-12,14H,9,13H2,(H,26,27)(H,29,31). The van der Waals surface area contributed by atoms with Crippen LogP contribution >= 0.6 is 0 Å². The summed E-state index contributed by atoms with van der Waals surface area (Å²) < 4.78 is 1.72. The van der Waals surface area contributed by atoms with Crippen LogP contribution in [0.25, 0.3) is 11.1 Å². The molecule has 31 heavy (non-hydrogen) atoms. The average Bonchev–Trinajstić information content (AvgIpc) is 3.54. The van der Waals surface area contributed by atoms with Crippen LogP contribution in [0.2, 0.25) is 0 Å². The Morgan fingerprint density at radius 3 is 2.97 bits per heavy atom. The number of nitrogens with one attached hydrogen (secondary N) is 2. The molecule has 0 unspecified atom stereocenters. The summed E-state index contributed by atoms with van der Waals surface area (Å²) in [4.78, 5) is 17.3. The lowest BCUT2D eigenvalue weighted by molar-refractivity contribution is -0.110. The van der Waals surface area contributed by atoms with Crippen LogP contribution in [-0.2, 0) is 17.9 Å². The minimum Gasteiger partial charge on any atom is -0.318 e. The molecule has 5 rings (SSSR count). The normalized spacial score (nSPS) is 12.2. The van der Waals surface area contributed by atoms with E-state index in [1.165, 1.54) is 0 Å². The van der Waals surface area contributed by atoms with Crippen molar-refractivity contribution in [2.45, 2.75) is 13.1 Å². The topological polar surface area (TPSA) is 112 Å². The Labute approximate surface area is 177 Å². The summed E-state index contributed by atoms with van der Waals surface area (Å²) in [6.07, 6.45) is 6.92. The molecule has 0 atom stereocenters. The molecule has 1 aliphatic heterocycles. The van der Waals surface area contributed by atoms with Crippen LogP contribution in [0.3, 0.4) is 0 Å². The summed E-state index contributed by atoms with van der Waals surface area (Å²) in [5.41, 5.74) is 6.34. The van der Waals surface area contributed by atoms with Gasteiger partial charge in [-0.15, -0.1) is 0 Å². The summed E-state index contributed by atoms with van der Waals surface area (Å²) in [5.74, 6) is -0.269. The first-order valence-electron chi connectivity index (χ1n) is 9.69. The van der Waals surface area contributed by atoms with Gasteiger partial charge in [0.15, 0.2) is 0 Å². The van der Waals surface area contributed by atoms with Gasteiger partial charge in [0.2, 0.25) is 0 Å². The monoisotopic (exact) mass is 407 g/mol. The third-order valence-corrected chi connectivity index (χ3v) is 5.11. The molecule has 2 N–H and O–H groups in total. The smallest absolute Gasteiger partial charge is 0.274 e. The molecule has 8 heteroatoms. The molecule has 0 saturated heterocycles. The SMILES string of the molecule is N#Cc1cccc(Cn2cc(NC(=O)C3=NCc4ccc(-c5cn[nH]c5)cc43)cn2)c1. The molecule has 0 fully saturated rings. The zero-order chi connectivity index (χ0) is 21.2. The van der Waals surface area contributed by atoms with Crippen molar-refractivity contribution in [3.05, 3.63) is 89.5 Å². The maximum Gasteiger partial charge on any atom is 0.274 e. The zero-order valence-corrected chi connectivity index (χ0v) is 16.4. The van der Waals surface area contributed by atoms with Gasteiger partial charge in [0.05, 0.1) is 42.8 Å². The fourth-order valence-corrected chi connectivity index (χ4v) is 3.60. The fourth-order valence-electron chi connectivity index (χ4n) is 3.60. The first-order chi connectivity index (χ1) is 15.2. The Kier molecular flexibility index (Phi) is 4.61. The number of nitrogens with zero attached hydrogens (tertiary/aromatic N) is 5. The van der Waals surface area contributed by atoms with E-state index in [9.17, 15) is 4.79 Å². The first-order valence-corrected chi connectivity index (χ1v) is 9.69. The maximum atomic E-state index is 12.9. The van der Waals surface area contributed by atoms with Gasteiger partial charge < -0.3 is 5.32 Å². The summed E-state index contributed by atoms with van der Waals surface area (Å²) in [6, 6.07) is 15.5. The van der Waals surface area contributed by atoms with Crippen LogP contribution in [0.1, 0.15) is 22.3 Å². The predicted molar refractivity (Wildman–Crippen MR) is 115 cm³/mol. The van der Waals surface area contributed by atoms with Gasteiger partial charge in [-0.25, -0.2) is 0 Å². The van der Waals surface area contributed by atoms with Gasteiger partial charge in [0, 0.05) is 23.5 Å². The highest BCUT2D eigenvalue weighted by atomic mass is 16.1. The molecule has 0 spiro atoms. The maximum absolute atomic E-state index is 12.9. The van der Waals surface area contributed by atoms with Crippen LogP contribution in [-0.4, -0.2) is 31.6 Å². The number of carbonyl (C=O) groups is 1. The van der Waals surface area contributed by atoms with Crippen molar-refractivity contribution < 1.29 is 4.79 Å². The molecule has 3 heterocycles. The number of rotatable bonds is 5. The van der Waals surface area contributed by atoms with Crippen LogP contribution < -0.4 is 5.32 Å². The van der Waals surface area contributed by atoms with E-state index in [1.807, 2.05) is 42.6 Å². The molecule has 0 saturated carbocycles. The second kappa shape index (κ2) is 7.72. The van der Waals surface area contributed by atoms with Crippen LogP contribution in [0.15, 0.2) is 72.2 Å². The molecule has 1 aliphatic rings. The predicted octanol–water partition coefficient (Wildman–Crippen LogP) is 3.13. The van der Waals surface area contributed by atoms with Crippen molar-refractivity contribution >= 4 is 17.3 Å². The third-order valence-electron chi connectivity index (χ3n) is 5.11. The minimum atomic E-state index is -0.269. The molecule has 0 bridgehead atoms. The Morgan fingerprint density at radius 2 is 2.13 bits per heavy atom. The van der Waals surface area contributed by atoms with Crippen molar-refractivity contribution in [3.63, 3.8) is 0 Å². The van der Waals surface area contributed by atoms with Gasteiger partial charge in [-0.05, 0) is 34.9 Å². The summed E-state index contributed by atoms with van der Waals surface area (Å²) in [7, 11) is 0. The number of aromatic amines is 1. The third kappa shape index (κ3) is 3.72. The number of benzene rings is 2. The second-order valence-corrected chi connectivity index (χ2v) is 7.22. The highest BCUT2D eigenvalue weighted by Gasteiger charge is 2.23. The van der Waals surface area contributed by atoms with Crippen molar-refractivity contribution in [2.24, 2.45) is 4.99 Å². The van der Waals surface area contributed by atoms with Crippen LogP contribution in [0.4, 0.5) is 5.69 Å². The number of hydrogen-bond donors (Lipinski definition) is 2. The summed E-state index contributed by atoms with van der Waals surface area (Å²) in [5, 5.41) is 23.0. The Balaban J connectivity index is 1.31. The van der Waals surface area contributed by atoms with Gasteiger partial charge in [-0.2, -0.15) is 15.5 Å². The Hall–Kier alpha value is -4.51.